The molecule has 18 heavy (non-hydrogen) atoms. The quantitative estimate of drug-likeness (QED) is 0.900. The average Bonchev–Trinajstić information content (AvgIpc) is 2.82. The lowest BCUT2D eigenvalue weighted by molar-refractivity contribution is 0.606. The Bertz CT molecular complexity index is 542. The molecule has 96 valence electrons. The number of rotatable bonds is 4. The van der Waals surface area contributed by atoms with Gasteiger partial charge in [0.25, 0.3) is 0 Å². The van der Waals surface area contributed by atoms with Gasteiger partial charge >= 0.3 is 0 Å². The summed E-state index contributed by atoms with van der Waals surface area (Å²) >= 11 is 4.83. The van der Waals surface area contributed by atoms with E-state index in [9.17, 15) is 4.39 Å². The average molecular weight is 329 g/mol. The summed E-state index contributed by atoms with van der Waals surface area (Å²) in [5.74, 6) is -0.253. The van der Waals surface area contributed by atoms with Crippen LogP contribution in [-0.4, -0.2) is 11.5 Å². The molecule has 0 aliphatic heterocycles. The van der Waals surface area contributed by atoms with Crippen molar-refractivity contribution in [3.8, 4) is 10.6 Å². The van der Waals surface area contributed by atoms with E-state index in [-0.39, 0.29) is 5.82 Å². The Morgan fingerprint density at radius 3 is 2.94 bits per heavy atom. The van der Waals surface area contributed by atoms with Crippen LogP contribution in [0.4, 0.5) is 4.39 Å². The first-order valence-corrected chi connectivity index (χ1v) is 7.37. The number of hydrogen-bond donors (Lipinski definition) is 1. The van der Waals surface area contributed by atoms with Crippen molar-refractivity contribution in [1.29, 1.82) is 0 Å². The highest BCUT2D eigenvalue weighted by molar-refractivity contribution is 9.10. The highest BCUT2D eigenvalue weighted by Crippen LogP contribution is 2.30. The van der Waals surface area contributed by atoms with Crippen LogP contribution in [0, 0.1) is 5.82 Å². The van der Waals surface area contributed by atoms with Gasteiger partial charge in [-0.2, -0.15) is 0 Å². The normalized spacial score (nSPS) is 12.7. The number of aromatic nitrogens is 1. The number of hydrogen-bond acceptors (Lipinski definition) is 3. The maximum Gasteiger partial charge on any atom is 0.137 e. The molecule has 1 unspecified atom stereocenters. The van der Waals surface area contributed by atoms with Gasteiger partial charge in [0.15, 0.2) is 0 Å². The SMILES string of the molecule is CCNC(C)c1cnc(-c2ccc(F)c(Br)c2)s1. The lowest BCUT2D eigenvalue weighted by Crippen LogP contribution is -2.16. The zero-order valence-electron chi connectivity index (χ0n) is 10.2. The first-order chi connectivity index (χ1) is 8.61. The Morgan fingerprint density at radius 2 is 2.28 bits per heavy atom. The van der Waals surface area contributed by atoms with Crippen LogP contribution in [0.15, 0.2) is 28.9 Å². The number of nitrogens with one attached hydrogen (secondary N) is 1. The first-order valence-electron chi connectivity index (χ1n) is 5.76. The maximum atomic E-state index is 13.2. The van der Waals surface area contributed by atoms with Gasteiger partial charge in [0.2, 0.25) is 0 Å². The van der Waals surface area contributed by atoms with Gasteiger partial charge in [0.05, 0.1) is 4.47 Å². The third-order valence-electron chi connectivity index (χ3n) is 2.63. The smallest absolute Gasteiger partial charge is 0.137 e. The molecule has 0 fully saturated rings. The van der Waals surface area contributed by atoms with Gasteiger partial charge in [-0.05, 0) is 47.6 Å². The van der Waals surface area contributed by atoms with Crippen molar-refractivity contribution < 1.29 is 4.39 Å². The fourth-order valence-corrected chi connectivity index (χ4v) is 2.97. The van der Waals surface area contributed by atoms with Crippen LogP contribution >= 0.6 is 27.3 Å². The topological polar surface area (TPSA) is 24.9 Å². The minimum Gasteiger partial charge on any atom is -0.310 e. The number of halogens is 2. The molecule has 0 saturated carbocycles. The molecule has 1 heterocycles. The van der Waals surface area contributed by atoms with Crippen molar-refractivity contribution in [2.75, 3.05) is 6.54 Å². The van der Waals surface area contributed by atoms with Gasteiger partial charge in [-0.25, -0.2) is 9.37 Å². The molecule has 5 heteroatoms. The molecule has 2 nitrogen and oxygen atoms in total. The van der Waals surface area contributed by atoms with E-state index < -0.39 is 0 Å². The lowest BCUT2D eigenvalue weighted by atomic mass is 10.2. The van der Waals surface area contributed by atoms with Crippen LogP contribution in [-0.2, 0) is 0 Å². The largest absolute Gasteiger partial charge is 0.310 e. The summed E-state index contributed by atoms with van der Waals surface area (Å²) in [6, 6.07) is 5.26. The second-order valence-corrected chi connectivity index (χ2v) is 5.89. The van der Waals surface area contributed by atoms with Crippen molar-refractivity contribution in [3.63, 3.8) is 0 Å². The summed E-state index contributed by atoms with van der Waals surface area (Å²) < 4.78 is 13.6. The molecular formula is C13H14BrFN2S. The maximum absolute atomic E-state index is 13.2. The number of benzene rings is 1. The van der Waals surface area contributed by atoms with E-state index in [0.717, 1.165) is 17.1 Å². The predicted octanol–water partition coefficient (Wildman–Crippen LogP) is 4.38. The fraction of sp³-hybridized carbons (Fsp3) is 0.308. The van der Waals surface area contributed by atoms with Crippen LogP contribution in [0.25, 0.3) is 10.6 Å². The Kier molecular flexibility index (Phi) is 4.48. The van der Waals surface area contributed by atoms with E-state index in [1.807, 2.05) is 6.20 Å². The Balaban J connectivity index is 2.26. The molecule has 0 saturated heterocycles. The first kappa shape index (κ1) is 13.6. The highest BCUT2D eigenvalue weighted by Gasteiger charge is 2.11. The van der Waals surface area contributed by atoms with E-state index in [4.69, 9.17) is 0 Å². The fourth-order valence-electron chi connectivity index (χ4n) is 1.66. The van der Waals surface area contributed by atoms with E-state index >= 15 is 0 Å². The molecule has 0 amide bonds. The predicted molar refractivity (Wildman–Crippen MR) is 77.3 cm³/mol. The van der Waals surface area contributed by atoms with Crippen LogP contribution < -0.4 is 5.32 Å². The van der Waals surface area contributed by atoms with Gasteiger partial charge in [-0.15, -0.1) is 11.3 Å². The van der Waals surface area contributed by atoms with E-state index in [1.165, 1.54) is 10.9 Å². The monoisotopic (exact) mass is 328 g/mol. The molecule has 1 aromatic heterocycles. The molecule has 1 atom stereocenters. The molecule has 2 rings (SSSR count). The second kappa shape index (κ2) is 5.91. The van der Waals surface area contributed by atoms with Crippen molar-refractivity contribution in [3.05, 3.63) is 39.6 Å². The molecule has 1 N–H and O–H groups in total. The standard InChI is InChI=1S/C13H14BrFN2S/c1-3-16-8(2)12-7-17-13(18-12)9-4-5-11(15)10(14)6-9/h4-8,16H,3H2,1-2H3. The van der Waals surface area contributed by atoms with E-state index in [0.29, 0.717) is 10.5 Å². The third-order valence-corrected chi connectivity index (χ3v) is 4.46. The van der Waals surface area contributed by atoms with Crippen molar-refractivity contribution in [2.45, 2.75) is 19.9 Å². The van der Waals surface area contributed by atoms with Crippen molar-refractivity contribution in [1.82, 2.24) is 10.3 Å². The van der Waals surface area contributed by atoms with Crippen LogP contribution in [0.1, 0.15) is 24.8 Å². The van der Waals surface area contributed by atoms with Crippen LogP contribution in [0.3, 0.4) is 0 Å². The summed E-state index contributed by atoms with van der Waals surface area (Å²) in [5.41, 5.74) is 0.934. The summed E-state index contributed by atoms with van der Waals surface area (Å²) in [4.78, 5) is 5.58. The van der Waals surface area contributed by atoms with Gasteiger partial charge < -0.3 is 5.32 Å². The summed E-state index contributed by atoms with van der Waals surface area (Å²) in [6.45, 7) is 5.12. The Hall–Kier alpha value is -0.780. The number of nitrogens with zero attached hydrogens (tertiary/aromatic N) is 1. The Morgan fingerprint density at radius 1 is 1.50 bits per heavy atom. The number of thiazole rings is 1. The molecule has 0 aliphatic rings. The van der Waals surface area contributed by atoms with E-state index in [1.54, 1.807) is 23.5 Å². The van der Waals surface area contributed by atoms with Gasteiger partial charge in [0, 0.05) is 22.7 Å². The van der Waals surface area contributed by atoms with Gasteiger partial charge in [0.1, 0.15) is 10.8 Å². The van der Waals surface area contributed by atoms with E-state index in [2.05, 4.69) is 40.1 Å². The summed E-state index contributed by atoms with van der Waals surface area (Å²) in [6.07, 6.45) is 1.88. The van der Waals surface area contributed by atoms with Crippen LogP contribution in [0.5, 0.6) is 0 Å². The molecule has 1 aromatic carbocycles. The molecule has 0 radical (unpaired) electrons. The molecule has 2 aromatic rings. The minimum atomic E-state index is -0.253. The van der Waals surface area contributed by atoms with Crippen LogP contribution in [0.2, 0.25) is 0 Å². The minimum absolute atomic E-state index is 0.253. The van der Waals surface area contributed by atoms with Crippen molar-refractivity contribution in [2.24, 2.45) is 0 Å². The summed E-state index contributed by atoms with van der Waals surface area (Å²) in [5, 5.41) is 4.26. The zero-order valence-corrected chi connectivity index (χ0v) is 12.6. The van der Waals surface area contributed by atoms with Gasteiger partial charge in [-0.1, -0.05) is 6.92 Å². The van der Waals surface area contributed by atoms with Gasteiger partial charge in [-0.3, -0.25) is 0 Å². The zero-order chi connectivity index (χ0) is 13.1. The molecular weight excluding hydrogens is 315 g/mol. The third kappa shape index (κ3) is 2.96. The molecule has 0 bridgehead atoms. The molecule has 0 aliphatic carbocycles. The summed E-state index contributed by atoms with van der Waals surface area (Å²) in [7, 11) is 0. The Labute approximate surface area is 118 Å². The highest BCUT2D eigenvalue weighted by atomic mass is 79.9. The molecule has 0 spiro atoms. The van der Waals surface area contributed by atoms with Crippen molar-refractivity contribution >= 4 is 27.3 Å². The lowest BCUT2D eigenvalue weighted by Gasteiger charge is -2.08. The second-order valence-electron chi connectivity index (χ2n) is 3.98.